The van der Waals surface area contributed by atoms with Gasteiger partial charge in [0, 0.05) is 0 Å². The van der Waals surface area contributed by atoms with Crippen molar-refractivity contribution < 1.29 is 12.6 Å². The molecule has 0 amide bonds. The van der Waals surface area contributed by atoms with Crippen LogP contribution in [0.3, 0.4) is 0 Å². The molecule has 0 aromatic heterocycles. The lowest BCUT2D eigenvalue weighted by Crippen LogP contribution is -2.06. The van der Waals surface area contributed by atoms with Crippen molar-refractivity contribution in [1.82, 2.24) is 0 Å². The lowest BCUT2D eigenvalue weighted by molar-refractivity contribution is 0.326. The molecule has 0 bridgehead atoms. The van der Waals surface area contributed by atoms with Crippen LogP contribution >= 0.6 is 0 Å². The molecule has 2 aromatic rings. The van der Waals surface area contributed by atoms with Crippen molar-refractivity contribution in [2.75, 3.05) is 12.9 Å². The minimum absolute atomic E-state index is 0.178. The van der Waals surface area contributed by atoms with Crippen LogP contribution in [0, 0.1) is 0 Å². The van der Waals surface area contributed by atoms with Gasteiger partial charge in [0.25, 0.3) is 10.1 Å². The first kappa shape index (κ1) is 13.8. The third-order valence-electron chi connectivity index (χ3n) is 2.72. The molecule has 0 unspecified atom stereocenters. The van der Waals surface area contributed by atoms with Crippen LogP contribution in [0.15, 0.2) is 54.6 Å². The predicted octanol–water partition coefficient (Wildman–Crippen LogP) is 2.87. The highest BCUT2D eigenvalue weighted by atomic mass is 32.2. The standard InChI is InChI=1S/C15H16O3S/c1-19(16,17)18-11-10-13-6-5-9-15(12-13)14-7-3-2-4-8-14/h2-9,12H,10-11H2,1H3. The first-order valence-electron chi connectivity index (χ1n) is 6.03. The molecule has 0 saturated carbocycles. The molecule has 0 radical (unpaired) electrons. The molecule has 0 aliphatic rings. The third kappa shape index (κ3) is 4.50. The number of hydrogen-bond donors (Lipinski definition) is 0. The second-order valence-electron chi connectivity index (χ2n) is 4.34. The van der Waals surface area contributed by atoms with Gasteiger partial charge in [-0.2, -0.15) is 8.42 Å². The van der Waals surface area contributed by atoms with Crippen LogP contribution in [0.4, 0.5) is 0 Å². The van der Waals surface area contributed by atoms with Crippen molar-refractivity contribution in [2.24, 2.45) is 0 Å². The highest BCUT2D eigenvalue weighted by Crippen LogP contribution is 2.20. The van der Waals surface area contributed by atoms with Gasteiger partial charge in [0.05, 0.1) is 12.9 Å². The van der Waals surface area contributed by atoms with Gasteiger partial charge in [0.15, 0.2) is 0 Å². The topological polar surface area (TPSA) is 43.4 Å². The average Bonchev–Trinajstić information content (AvgIpc) is 2.39. The average molecular weight is 276 g/mol. The molecule has 0 aliphatic carbocycles. The smallest absolute Gasteiger partial charge is 0.264 e. The maximum absolute atomic E-state index is 10.9. The summed E-state index contributed by atoms with van der Waals surface area (Å²) < 4.78 is 26.5. The van der Waals surface area contributed by atoms with Gasteiger partial charge in [-0.25, -0.2) is 0 Å². The zero-order valence-corrected chi connectivity index (χ0v) is 11.6. The summed E-state index contributed by atoms with van der Waals surface area (Å²) in [4.78, 5) is 0. The molecule has 2 aromatic carbocycles. The van der Waals surface area contributed by atoms with Gasteiger partial charge in [-0.05, 0) is 23.1 Å². The molecule has 0 heterocycles. The van der Waals surface area contributed by atoms with Gasteiger partial charge in [0.2, 0.25) is 0 Å². The molecular weight excluding hydrogens is 260 g/mol. The molecule has 0 aliphatic heterocycles. The maximum Gasteiger partial charge on any atom is 0.264 e. The Labute approximate surface area is 114 Å². The van der Waals surface area contributed by atoms with E-state index in [0.29, 0.717) is 6.42 Å². The van der Waals surface area contributed by atoms with Gasteiger partial charge in [0.1, 0.15) is 0 Å². The van der Waals surface area contributed by atoms with Crippen LogP contribution in [-0.2, 0) is 20.7 Å². The van der Waals surface area contributed by atoms with E-state index in [4.69, 9.17) is 4.18 Å². The Bertz CT molecular complexity index is 633. The van der Waals surface area contributed by atoms with Crippen molar-refractivity contribution in [2.45, 2.75) is 6.42 Å². The largest absolute Gasteiger partial charge is 0.270 e. The molecule has 0 N–H and O–H groups in total. The van der Waals surface area contributed by atoms with Gasteiger partial charge < -0.3 is 0 Å². The first-order chi connectivity index (χ1) is 9.04. The minimum atomic E-state index is -3.36. The van der Waals surface area contributed by atoms with Crippen LogP contribution in [0.5, 0.6) is 0 Å². The van der Waals surface area contributed by atoms with Crippen LogP contribution in [0.2, 0.25) is 0 Å². The molecule has 0 spiro atoms. The molecule has 100 valence electrons. The van der Waals surface area contributed by atoms with E-state index in [2.05, 4.69) is 6.07 Å². The van der Waals surface area contributed by atoms with Crippen molar-refractivity contribution in [3.05, 3.63) is 60.2 Å². The van der Waals surface area contributed by atoms with Crippen molar-refractivity contribution in [3.8, 4) is 11.1 Å². The van der Waals surface area contributed by atoms with Gasteiger partial charge >= 0.3 is 0 Å². The lowest BCUT2D eigenvalue weighted by atomic mass is 10.0. The molecule has 19 heavy (non-hydrogen) atoms. The predicted molar refractivity (Wildman–Crippen MR) is 76.4 cm³/mol. The maximum atomic E-state index is 10.9. The SMILES string of the molecule is CS(=O)(=O)OCCc1cccc(-c2ccccc2)c1. The third-order valence-corrected chi connectivity index (χ3v) is 3.32. The zero-order chi connectivity index (χ0) is 13.7. The van der Waals surface area contributed by atoms with Crippen molar-refractivity contribution in [3.63, 3.8) is 0 Å². The Kier molecular flexibility index (Phi) is 4.35. The summed E-state index contributed by atoms with van der Waals surface area (Å²) in [5, 5.41) is 0. The van der Waals surface area contributed by atoms with Crippen molar-refractivity contribution in [1.29, 1.82) is 0 Å². The summed E-state index contributed by atoms with van der Waals surface area (Å²) in [6.07, 6.45) is 1.64. The number of benzene rings is 2. The first-order valence-corrected chi connectivity index (χ1v) is 7.85. The summed E-state index contributed by atoms with van der Waals surface area (Å²) >= 11 is 0. The van der Waals surface area contributed by atoms with E-state index >= 15 is 0 Å². The van der Waals surface area contributed by atoms with E-state index in [1.165, 1.54) is 0 Å². The van der Waals surface area contributed by atoms with E-state index in [1.807, 2.05) is 48.5 Å². The normalized spacial score (nSPS) is 11.4. The molecular formula is C15H16O3S. The summed E-state index contributed by atoms with van der Waals surface area (Å²) in [6, 6.07) is 18.1. The molecule has 4 heteroatoms. The zero-order valence-electron chi connectivity index (χ0n) is 10.7. The summed E-state index contributed by atoms with van der Waals surface area (Å²) in [5.41, 5.74) is 3.33. The summed E-state index contributed by atoms with van der Waals surface area (Å²) in [5.74, 6) is 0. The Morgan fingerprint density at radius 3 is 2.32 bits per heavy atom. The van der Waals surface area contributed by atoms with Crippen LogP contribution in [0.25, 0.3) is 11.1 Å². The van der Waals surface area contributed by atoms with E-state index in [0.717, 1.165) is 22.9 Å². The summed E-state index contributed by atoms with van der Waals surface area (Å²) in [7, 11) is -3.36. The van der Waals surface area contributed by atoms with Crippen LogP contribution < -0.4 is 0 Å². The van der Waals surface area contributed by atoms with Gasteiger partial charge in [-0.1, -0.05) is 54.6 Å². The van der Waals surface area contributed by atoms with Gasteiger partial charge in [-0.3, -0.25) is 4.18 Å². The van der Waals surface area contributed by atoms with E-state index in [-0.39, 0.29) is 6.61 Å². The minimum Gasteiger partial charge on any atom is -0.270 e. The van der Waals surface area contributed by atoms with E-state index in [9.17, 15) is 8.42 Å². The van der Waals surface area contributed by atoms with Gasteiger partial charge in [-0.15, -0.1) is 0 Å². The Balaban J connectivity index is 2.08. The lowest BCUT2D eigenvalue weighted by Gasteiger charge is -2.05. The second kappa shape index (κ2) is 5.99. The number of hydrogen-bond acceptors (Lipinski definition) is 3. The van der Waals surface area contributed by atoms with Crippen molar-refractivity contribution >= 4 is 10.1 Å². The molecule has 0 saturated heterocycles. The van der Waals surface area contributed by atoms with Crippen LogP contribution in [0.1, 0.15) is 5.56 Å². The molecule has 3 nitrogen and oxygen atoms in total. The molecule has 0 fully saturated rings. The fourth-order valence-corrected chi connectivity index (χ4v) is 2.23. The Hall–Kier alpha value is -1.65. The highest BCUT2D eigenvalue weighted by molar-refractivity contribution is 7.85. The number of rotatable bonds is 5. The molecule has 2 rings (SSSR count). The monoisotopic (exact) mass is 276 g/mol. The Morgan fingerprint density at radius 1 is 0.947 bits per heavy atom. The fraction of sp³-hybridized carbons (Fsp3) is 0.200. The Morgan fingerprint density at radius 2 is 1.63 bits per heavy atom. The van der Waals surface area contributed by atoms with Crippen LogP contribution in [-0.4, -0.2) is 21.3 Å². The quantitative estimate of drug-likeness (QED) is 0.789. The molecule has 0 atom stereocenters. The fourth-order valence-electron chi connectivity index (χ4n) is 1.85. The summed E-state index contributed by atoms with van der Waals surface area (Å²) in [6.45, 7) is 0.178. The van der Waals surface area contributed by atoms with E-state index in [1.54, 1.807) is 0 Å². The second-order valence-corrected chi connectivity index (χ2v) is 5.99. The van der Waals surface area contributed by atoms with E-state index < -0.39 is 10.1 Å². The highest BCUT2D eigenvalue weighted by Gasteiger charge is 2.03.